The fraction of sp³-hybridized carbons (Fsp3) is 0.526. The van der Waals surface area contributed by atoms with Gasteiger partial charge >= 0.3 is 5.97 Å². The van der Waals surface area contributed by atoms with Crippen molar-refractivity contribution in [3.63, 3.8) is 0 Å². The fourth-order valence-corrected chi connectivity index (χ4v) is 2.87. The van der Waals surface area contributed by atoms with Gasteiger partial charge in [-0.15, -0.1) is 0 Å². The topological polar surface area (TPSA) is 76.2 Å². The number of ether oxygens (including phenoxy) is 2. The number of nitrogens with zero attached hydrogens (tertiary/aromatic N) is 2. The van der Waals surface area contributed by atoms with Crippen LogP contribution in [0.5, 0.6) is 5.75 Å². The summed E-state index contributed by atoms with van der Waals surface area (Å²) in [6, 6.07) is 7.30. The summed E-state index contributed by atoms with van der Waals surface area (Å²) in [5, 5.41) is 0. The summed E-state index contributed by atoms with van der Waals surface area (Å²) in [4.78, 5) is 39.6. The highest BCUT2D eigenvalue weighted by atomic mass is 16.5. The van der Waals surface area contributed by atoms with E-state index in [0.29, 0.717) is 31.1 Å². The van der Waals surface area contributed by atoms with E-state index in [0.717, 1.165) is 0 Å². The number of anilines is 1. The summed E-state index contributed by atoms with van der Waals surface area (Å²) in [5.41, 5.74) is 0.679. The van der Waals surface area contributed by atoms with Gasteiger partial charge in [0, 0.05) is 26.1 Å². The first-order valence-corrected chi connectivity index (χ1v) is 8.98. The summed E-state index contributed by atoms with van der Waals surface area (Å²) in [5.74, 6) is 0.0684. The second-order valence-electron chi connectivity index (χ2n) is 6.00. The number of amides is 2. The molecule has 0 radical (unpaired) electrons. The Balaban J connectivity index is 1.97. The first-order chi connectivity index (χ1) is 12.5. The molecule has 7 nitrogen and oxygen atoms in total. The van der Waals surface area contributed by atoms with Crippen LogP contribution in [-0.2, 0) is 19.1 Å². The number of carbonyl (C=O) groups is 3. The van der Waals surface area contributed by atoms with E-state index in [4.69, 9.17) is 9.47 Å². The Morgan fingerprint density at radius 1 is 1.23 bits per heavy atom. The first kappa shape index (κ1) is 19.8. The summed E-state index contributed by atoms with van der Waals surface area (Å²) >= 11 is 0. The summed E-state index contributed by atoms with van der Waals surface area (Å²) in [7, 11) is 0. The van der Waals surface area contributed by atoms with E-state index >= 15 is 0 Å². The Bertz CT molecular complexity index is 661. The van der Waals surface area contributed by atoms with Gasteiger partial charge in [-0.1, -0.05) is 12.1 Å². The van der Waals surface area contributed by atoms with Gasteiger partial charge in [0.05, 0.1) is 18.7 Å². The van der Waals surface area contributed by atoms with E-state index in [1.165, 1.54) is 0 Å². The normalized spacial score (nSPS) is 15.9. The highest BCUT2D eigenvalue weighted by Gasteiger charge is 2.31. The third-order valence-electron chi connectivity index (χ3n) is 4.25. The van der Waals surface area contributed by atoms with Crippen molar-refractivity contribution in [3.8, 4) is 5.75 Å². The number of esters is 1. The Morgan fingerprint density at radius 2 is 1.96 bits per heavy atom. The summed E-state index contributed by atoms with van der Waals surface area (Å²) in [6.07, 6.45) is -0.223. The molecule has 1 atom stereocenters. The molecule has 142 valence electrons. The average molecular weight is 362 g/mol. The Hall–Kier alpha value is -2.57. The van der Waals surface area contributed by atoms with Gasteiger partial charge in [0.2, 0.25) is 5.91 Å². The van der Waals surface area contributed by atoms with Gasteiger partial charge in [-0.05, 0) is 32.9 Å². The molecule has 0 saturated carbocycles. The molecule has 0 bridgehead atoms. The quantitative estimate of drug-likeness (QED) is 0.661. The second-order valence-corrected chi connectivity index (χ2v) is 6.00. The van der Waals surface area contributed by atoms with Crippen LogP contribution in [0.25, 0.3) is 0 Å². The maximum absolute atomic E-state index is 12.5. The Morgan fingerprint density at radius 3 is 2.65 bits per heavy atom. The van der Waals surface area contributed by atoms with Crippen LogP contribution in [0.2, 0.25) is 0 Å². The molecule has 1 heterocycles. The molecular weight excluding hydrogens is 336 g/mol. The SMILES string of the molecule is CCOC(=O)CCN(CC)C(=O)CCN1C(=O)C(C)Oc2ccccc21. The van der Waals surface area contributed by atoms with Gasteiger partial charge in [0.25, 0.3) is 5.91 Å². The number of fused-ring (bicyclic) bond motifs is 1. The van der Waals surface area contributed by atoms with Crippen molar-refractivity contribution in [2.24, 2.45) is 0 Å². The highest BCUT2D eigenvalue weighted by Crippen LogP contribution is 2.33. The van der Waals surface area contributed by atoms with Gasteiger partial charge in [-0.3, -0.25) is 14.4 Å². The zero-order valence-corrected chi connectivity index (χ0v) is 15.6. The molecule has 0 saturated heterocycles. The standard InChI is InChI=1S/C19H26N2O5/c1-4-20(12-11-18(23)25-5-2)17(22)10-13-21-15-8-6-7-9-16(15)26-14(3)19(21)24/h6-9,14H,4-5,10-13H2,1-3H3. The zero-order chi connectivity index (χ0) is 19.1. The lowest BCUT2D eigenvalue weighted by molar-refractivity contribution is -0.144. The second kappa shape index (κ2) is 9.22. The molecule has 0 aromatic heterocycles. The molecule has 0 fully saturated rings. The minimum atomic E-state index is -0.578. The molecule has 26 heavy (non-hydrogen) atoms. The molecule has 0 spiro atoms. The number of rotatable bonds is 8. The fourth-order valence-electron chi connectivity index (χ4n) is 2.87. The molecule has 0 N–H and O–H groups in total. The minimum Gasteiger partial charge on any atom is -0.479 e. The minimum absolute atomic E-state index is 0.0961. The summed E-state index contributed by atoms with van der Waals surface area (Å²) < 4.78 is 10.5. The molecule has 1 unspecified atom stereocenters. The van der Waals surface area contributed by atoms with Gasteiger partial charge < -0.3 is 19.3 Å². The lowest BCUT2D eigenvalue weighted by Gasteiger charge is -2.33. The van der Waals surface area contributed by atoms with Crippen LogP contribution < -0.4 is 9.64 Å². The van der Waals surface area contributed by atoms with Crippen LogP contribution in [0.15, 0.2) is 24.3 Å². The number of hydrogen-bond donors (Lipinski definition) is 0. The molecule has 2 rings (SSSR count). The molecule has 1 aromatic rings. The van der Waals surface area contributed by atoms with Crippen LogP contribution >= 0.6 is 0 Å². The molecule has 7 heteroatoms. The number of benzene rings is 1. The lowest BCUT2D eigenvalue weighted by Crippen LogP contribution is -2.46. The number of carbonyl (C=O) groups excluding carboxylic acids is 3. The van der Waals surface area contributed by atoms with Crippen LogP contribution in [0, 0.1) is 0 Å². The molecule has 1 aliphatic heterocycles. The van der Waals surface area contributed by atoms with Gasteiger partial charge in [-0.25, -0.2) is 0 Å². The van der Waals surface area contributed by atoms with Crippen molar-refractivity contribution in [2.75, 3.05) is 31.1 Å². The highest BCUT2D eigenvalue weighted by molar-refractivity contribution is 6.00. The van der Waals surface area contributed by atoms with Gasteiger partial charge in [0.15, 0.2) is 6.10 Å². The van der Waals surface area contributed by atoms with E-state index < -0.39 is 6.10 Å². The molecule has 2 amide bonds. The van der Waals surface area contributed by atoms with Crippen LogP contribution in [0.1, 0.15) is 33.6 Å². The van der Waals surface area contributed by atoms with E-state index in [9.17, 15) is 14.4 Å². The van der Waals surface area contributed by atoms with E-state index in [1.54, 1.807) is 23.6 Å². The van der Waals surface area contributed by atoms with Crippen molar-refractivity contribution in [1.29, 1.82) is 0 Å². The average Bonchev–Trinajstić information content (AvgIpc) is 2.63. The Labute approximate surface area is 153 Å². The van der Waals surface area contributed by atoms with Crippen LogP contribution in [-0.4, -0.2) is 55.0 Å². The zero-order valence-electron chi connectivity index (χ0n) is 15.6. The van der Waals surface area contributed by atoms with Crippen LogP contribution in [0.3, 0.4) is 0 Å². The molecule has 1 aromatic carbocycles. The third kappa shape index (κ3) is 4.74. The number of para-hydroxylation sites is 2. The van der Waals surface area contributed by atoms with E-state index in [2.05, 4.69) is 0 Å². The van der Waals surface area contributed by atoms with Gasteiger partial charge in [0.1, 0.15) is 5.75 Å². The first-order valence-electron chi connectivity index (χ1n) is 8.98. The molecule has 1 aliphatic rings. The van der Waals surface area contributed by atoms with Crippen molar-refractivity contribution in [2.45, 2.75) is 39.7 Å². The maximum atomic E-state index is 12.5. The predicted octanol–water partition coefficient (Wildman–Crippen LogP) is 1.99. The van der Waals surface area contributed by atoms with Crippen molar-refractivity contribution in [3.05, 3.63) is 24.3 Å². The van der Waals surface area contributed by atoms with Crippen molar-refractivity contribution < 1.29 is 23.9 Å². The van der Waals surface area contributed by atoms with E-state index in [1.807, 2.05) is 31.2 Å². The predicted molar refractivity (Wildman–Crippen MR) is 97.0 cm³/mol. The largest absolute Gasteiger partial charge is 0.479 e. The third-order valence-corrected chi connectivity index (χ3v) is 4.25. The Kier molecular flexibility index (Phi) is 7.00. The van der Waals surface area contributed by atoms with Gasteiger partial charge in [-0.2, -0.15) is 0 Å². The molecular formula is C19H26N2O5. The van der Waals surface area contributed by atoms with Crippen molar-refractivity contribution in [1.82, 2.24) is 4.90 Å². The monoisotopic (exact) mass is 362 g/mol. The van der Waals surface area contributed by atoms with Crippen LogP contribution in [0.4, 0.5) is 5.69 Å². The maximum Gasteiger partial charge on any atom is 0.307 e. The smallest absolute Gasteiger partial charge is 0.307 e. The number of hydrogen-bond acceptors (Lipinski definition) is 5. The van der Waals surface area contributed by atoms with Crippen molar-refractivity contribution >= 4 is 23.5 Å². The lowest BCUT2D eigenvalue weighted by atomic mass is 10.1. The summed E-state index contributed by atoms with van der Waals surface area (Å²) in [6.45, 7) is 6.73. The van der Waals surface area contributed by atoms with E-state index in [-0.39, 0.29) is 37.2 Å². The molecule has 0 aliphatic carbocycles.